The molecular weight excluding hydrogens is 508 g/mol. The van der Waals surface area contributed by atoms with Crippen molar-refractivity contribution in [2.24, 2.45) is 5.92 Å². The highest BCUT2D eigenvalue weighted by Crippen LogP contribution is 2.59. The molecule has 0 aromatic heterocycles. The quantitative estimate of drug-likeness (QED) is 0.0998. The highest BCUT2D eigenvalue weighted by atomic mass is 16.6. The molecule has 0 N–H and O–H groups in total. The standard InChI is InChI=1S/C33H48O7/c1-24(2)18-19-27-32(3,40-27)31-30(36-4)26(20-21-33(31)23-38-33)39-29(35)17-13-8-6-5-7-12-16-28(34)37-22-25-14-10-9-11-15-25/h9-11,14-15,18,26-27,30-31H,5-8,12-13,16-17,19-23H2,1-4H3/t26-,27-,30-,31-,32+,33+/m1/s1. The molecule has 222 valence electrons. The molecule has 7 nitrogen and oxygen atoms in total. The van der Waals surface area contributed by atoms with Crippen LogP contribution in [-0.4, -0.2) is 55.2 Å². The van der Waals surface area contributed by atoms with Gasteiger partial charge in [-0.1, -0.05) is 67.7 Å². The van der Waals surface area contributed by atoms with Gasteiger partial charge in [0.25, 0.3) is 0 Å². The molecule has 2 heterocycles. The Kier molecular flexibility index (Phi) is 10.8. The molecule has 1 aromatic rings. The number of allylic oxidation sites excluding steroid dienone is 1. The van der Waals surface area contributed by atoms with Crippen molar-refractivity contribution >= 4 is 11.9 Å². The number of hydrogen-bond donors (Lipinski definition) is 0. The number of unbranched alkanes of at least 4 members (excludes halogenated alkanes) is 5. The number of carbonyl (C=O) groups excluding carboxylic acids is 2. The average Bonchev–Trinajstić information content (AvgIpc) is 3.86. The summed E-state index contributed by atoms with van der Waals surface area (Å²) in [6, 6.07) is 9.73. The van der Waals surface area contributed by atoms with Gasteiger partial charge in [0.2, 0.25) is 0 Å². The Morgan fingerprint density at radius 3 is 2.27 bits per heavy atom. The van der Waals surface area contributed by atoms with Gasteiger partial charge in [-0.25, -0.2) is 0 Å². The third-order valence-corrected chi connectivity index (χ3v) is 8.77. The van der Waals surface area contributed by atoms with E-state index < -0.39 is 0 Å². The second kappa shape index (κ2) is 14.1. The molecule has 0 bridgehead atoms. The Labute approximate surface area is 239 Å². The number of methoxy groups -OCH3 is 1. The predicted octanol–water partition coefficient (Wildman–Crippen LogP) is 6.47. The second-order valence-electron chi connectivity index (χ2n) is 12.2. The molecule has 0 amide bonds. The lowest BCUT2D eigenvalue weighted by Gasteiger charge is -2.42. The number of benzene rings is 1. The van der Waals surface area contributed by atoms with Crippen molar-refractivity contribution < 1.29 is 33.3 Å². The third kappa shape index (κ3) is 8.17. The van der Waals surface area contributed by atoms with Crippen LogP contribution in [0.5, 0.6) is 0 Å². The Morgan fingerprint density at radius 1 is 1.00 bits per heavy atom. The normalized spacial score (nSPS) is 30.5. The molecule has 2 aliphatic heterocycles. The van der Waals surface area contributed by atoms with E-state index in [0.29, 0.717) is 19.4 Å². The van der Waals surface area contributed by atoms with Gasteiger partial charge < -0.3 is 23.7 Å². The predicted molar refractivity (Wildman–Crippen MR) is 153 cm³/mol. The number of hydrogen-bond acceptors (Lipinski definition) is 7. The fourth-order valence-corrected chi connectivity index (χ4v) is 6.35. The van der Waals surface area contributed by atoms with Crippen LogP contribution in [0.3, 0.4) is 0 Å². The first-order chi connectivity index (χ1) is 19.3. The summed E-state index contributed by atoms with van der Waals surface area (Å²) < 4.78 is 29.5. The van der Waals surface area contributed by atoms with Crippen LogP contribution in [0.1, 0.15) is 97.0 Å². The molecule has 3 fully saturated rings. The van der Waals surface area contributed by atoms with E-state index in [4.69, 9.17) is 23.7 Å². The minimum absolute atomic E-state index is 0.0442. The summed E-state index contributed by atoms with van der Waals surface area (Å²) in [6.45, 7) is 7.43. The molecule has 7 heteroatoms. The van der Waals surface area contributed by atoms with Crippen LogP contribution < -0.4 is 0 Å². The zero-order chi connectivity index (χ0) is 28.6. The van der Waals surface area contributed by atoms with Crippen LogP contribution >= 0.6 is 0 Å². The minimum atomic E-state index is -0.327. The average molecular weight is 557 g/mol. The maximum atomic E-state index is 12.7. The number of rotatable bonds is 16. The van der Waals surface area contributed by atoms with Gasteiger partial charge in [0.15, 0.2) is 0 Å². The zero-order valence-corrected chi connectivity index (χ0v) is 24.8. The summed E-state index contributed by atoms with van der Waals surface area (Å²) in [7, 11) is 1.71. The van der Waals surface area contributed by atoms with Gasteiger partial charge in [-0.2, -0.15) is 0 Å². The lowest BCUT2D eigenvalue weighted by Crippen LogP contribution is -2.55. The van der Waals surface area contributed by atoms with E-state index in [1.807, 2.05) is 30.3 Å². The number of carbonyl (C=O) groups is 2. The molecule has 1 saturated carbocycles. The van der Waals surface area contributed by atoms with E-state index >= 15 is 0 Å². The number of ether oxygens (including phenoxy) is 5. The summed E-state index contributed by atoms with van der Waals surface area (Å²) in [5.74, 6) is -0.249. The number of esters is 2. The number of epoxide rings is 2. The Bertz CT molecular complexity index is 997. The van der Waals surface area contributed by atoms with Crippen molar-refractivity contribution in [3.8, 4) is 0 Å². The van der Waals surface area contributed by atoms with E-state index in [1.165, 1.54) is 5.57 Å². The molecule has 4 rings (SSSR count). The summed E-state index contributed by atoms with van der Waals surface area (Å²) >= 11 is 0. The van der Waals surface area contributed by atoms with Crippen LogP contribution in [0.2, 0.25) is 0 Å². The van der Waals surface area contributed by atoms with Gasteiger partial charge in [0, 0.05) is 20.0 Å². The van der Waals surface area contributed by atoms with Crippen molar-refractivity contribution in [2.45, 2.75) is 128 Å². The highest BCUT2D eigenvalue weighted by Gasteiger charge is 2.72. The van der Waals surface area contributed by atoms with Crippen LogP contribution in [0.15, 0.2) is 42.0 Å². The molecule has 6 atom stereocenters. The Morgan fingerprint density at radius 2 is 1.65 bits per heavy atom. The Balaban J connectivity index is 1.10. The summed E-state index contributed by atoms with van der Waals surface area (Å²) in [4.78, 5) is 24.7. The van der Waals surface area contributed by atoms with Gasteiger partial charge in [-0.15, -0.1) is 0 Å². The maximum Gasteiger partial charge on any atom is 0.306 e. The zero-order valence-electron chi connectivity index (χ0n) is 24.8. The summed E-state index contributed by atoms with van der Waals surface area (Å²) in [6.07, 6.45) is 10.9. The lowest BCUT2D eigenvalue weighted by atomic mass is 9.68. The largest absolute Gasteiger partial charge is 0.461 e. The van der Waals surface area contributed by atoms with Crippen molar-refractivity contribution in [1.29, 1.82) is 0 Å². The van der Waals surface area contributed by atoms with Crippen LogP contribution in [0, 0.1) is 5.92 Å². The summed E-state index contributed by atoms with van der Waals surface area (Å²) in [5.41, 5.74) is 1.75. The van der Waals surface area contributed by atoms with E-state index in [9.17, 15) is 9.59 Å². The van der Waals surface area contributed by atoms with Crippen molar-refractivity contribution in [2.75, 3.05) is 13.7 Å². The van der Waals surface area contributed by atoms with Crippen molar-refractivity contribution in [3.63, 3.8) is 0 Å². The van der Waals surface area contributed by atoms with Crippen LogP contribution in [0.25, 0.3) is 0 Å². The fourth-order valence-electron chi connectivity index (χ4n) is 6.35. The molecule has 0 radical (unpaired) electrons. The smallest absolute Gasteiger partial charge is 0.306 e. The topological polar surface area (TPSA) is 86.9 Å². The van der Waals surface area contributed by atoms with Gasteiger partial charge in [0.05, 0.1) is 18.6 Å². The van der Waals surface area contributed by atoms with E-state index in [0.717, 1.165) is 70.0 Å². The molecule has 0 unspecified atom stereocenters. The third-order valence-electron chi connectivity index (χ3n) is 8.77. The van der Waals surface area contributed by atoms with Crippen LogP contribution in [-0.2, 0) is 39.9 Å². The second-order valence-corrected chi connectivity index (χ2v) is 12.2. The summed E-state index contributed by atoms with van der Waals surface area (Å²) in [5, 5.41) is 0. The monoisotopic (exact) mass is 556 g/mol. The van der Waals surface area contributed by atoms with E-state index in [-0.39, 0.29) is 47.4 Å². The van der Waals surface area contributed by atoms with Crippen molar-refractivity contribution in [1.82, 2.24) is 0 Å². The van der Waals surface area contributed by atoms with Crippen molar-refractivity contribution in [3.05, 3.63) is 47.5 Å². The van der Waals surface area contributed by atoms with Gasteiger partial charge in [-0.05, 0) is 58.4 Å². The van der Waals surface area contributed by atoms with E-state index in [2.05, 4.69) is 26.8 Å². The first-order valence-corrected chi connectivity index (χ1v) is 15.1. The molecule has 1 aliphatic carbocycles. The van der Waals surface area contributed by atoms with Gasteiger partial charge in [-0.3, -0.25) is 9.59 Å². The fraction of sp³-hybridized carbons (Fsp3) is 0.697. The Hall–Kier alpha value is -2.22. The highest BCUT2D eigenvalue weighted by molar-refractivity contribution is 5.69. The molecule has 3 aliphatic rings. The van der Waals surface area contributed by atoms with Gasteiger partial charge in [0.1, 0.15) is 30.0 Å². The molecule has 1 aromatic carbocycles. The first-order valence-electron chi connectivity index (χ1n) is 15.1. The van der Waals surface area contributed by atoms with E-state index in [1.54, 1.807) is 7.11 Å². The molecule has 1 spiro atoms. The first kappa shape index (κ1) is 30.7. The SMILES string of the molecule is CO[C@@H]1[C@H](OC(=O)CCCCCCCCC(=O)OCc2ccccc2)CC[C@]2(CO2)[C@H]1[C@@]1(C)O[C@@H]1CC=C(C)C. The van der Waals surface area contributed by atoms with Crippen LogP contribution in [0.4, 0.5) is 0 Å². The molecular formula is C33H48O7. The molecule has 2 saturated heterocycles. The maximum absolute atomic E-state index is 12.7. The lowest BCUT2D eigenvalue weighted by molar-refractivity contribution is -0.172. The molecule has 40 heavy (non-hydrogen) atoms. The van der Waals surface area contributed by atoms with Gasteiger partial charge >= 0.3 is 11.9 Å². The minimum Gasteiger partial charge on any atom is -0.461 e.